The van der Waals surface area contributed by atoms with Gasteiger partial charge in [0.2, 0.25) is 0 Å². The van der Waals surface area contributed by atoms with Gasteiger partial charge in [0.05, 0.1) is 17.5 Å². The molecule has 2 aromatic heterocycles. The summed E-state index contributed by atoms with van der Waals surface area (Å²) in [4.78, 5) is 23.3. The molecule has 10 heteroatoms. The molecule has 3 aromatic rings. The number of para-hydroxylation sites is 1. The van der Waals surface area contributed by atoms with Gasteiger partial charge in [-0.1, -0.05) is 18.2 Å². The zero-order valence-electron chi connectivity index (χ0n) is 16.9. The highest BCUT2D eigenvalue weighted by atomic mass is 32.2. The Morgan fingerprint density at radius 2 is 2.06 bits per heavy atom. The van der Waals surface area contributed by atoms with Crippen molar-refractivity contribution in [3.8, 4) is 5.75 Å². The highest BCUT2D eigenvalue weighted by Crippen LogP contribution is 2.33. The average molecular weight is 439 g/mol. The van der Waals surface area contributed by atoms with Gasteiger partial charge in [0.1, 0.15) is 23.6 Å². The number of hydrogen-bond acceptors (Lipinski definition) is 7. The van der Waals surface area contributed by atoms with Crippen molar-refractivity contribution in [1.82, 2.24) is 24.5 Å². The number of carbonyl (C=O) groups excluding carboxylic acids is 1. The van der Waals surface area contributed by atoms with Gasteiger partial charge in [-0.15, -0.1) is 0 Å². The fraction of sp³-hybridized carbons (Fsp3) is 0.333. The molecule has 2 aliphatic heterocycles. The SMILES string of the molecule is CS(=O)(=O)c1cnc2ncnn2c1[C@H]1CCCN(C(=O)C2=Cc3ccccc3OC2)C1. The highest BCUT2D eigenvalue weighted by molar-refractivity contribution is 7.90. The number of carbonyl (C=O) groups is 1. The second-order valence-corrected chi connectivity index (χ2v) is 9.82. The van der Waals surface area contributed by atoms with Crippen molar-refractivity contribution in [1.29, 1.82) is 0 Å². The van der Waals surface area contributed by atoms with Crippen molar-refractivity contribution in [2.45, 2.75) is 23.7 Å². The number of fused-ring (bicyclic) bond motifs is 2. The molecular weight excluding hydrogens is 418 g/mol. The van der Waals surface area contributed by atoms with Crippen molar-refractivity contribution in [3.05, 3.63) is 53.6 Å². The standard InChI is InChI=1S/C21H21N5O4S/c1-31(28,29)18-10-22-21-23-13-24-26(21)19(18)15-6-4-8-25(11-15)20(27)16-9-14-5-2-3-7-17(14)30-12-16/h2-3,5,7,9-10,13,15H,4,6,8,11-12H2,1H3/t15-/m0/s1. The Morgan fingerprint density at radius 1 is 1.23 bits per heavy atom. The maximum atomic E-state index is 13.2. The van der Waals surface area contributed by atoms with Crippen molar-refractivity contribution >= 4 is 27.6 Å². The lowest BCUT2D eigenvalue weighted by Crippen LogP contribution is -2.41. The van der Waals surface area contributed by atoms with E-state index in [4.69, 9.17) is 4.74 Å². The molecule has 2 aliphatic rings. The smallest absolute Gasteiger partial charge is 0.253 e. The Labute approximate surface area is 179 Å². The summed E-state index contributed by atoms with van der Waals surface area (Å²) in [5.41, 5.74) is 1.99. The predicted molar refractivity (Wildman–Crippen MR) is 112 cm³/mol. The van der Waals surface area contributed by atoms with E-state index in [0.29, 0.717) is 30.1 Å². The summed E-state index contributed by atoms with van der Waals surface area (Å²) in [6, 6.07) is 7.59. The lowest BCUT2D eigenvalue weighted by atomic mass is 9.93. The largest absolute Gasteiger partial charge is 0.488 e. The van der Waals surface area contributed by atoms with Crippen LogP contribution in [-0.2, 0) is 14.6 Å². The third-order valence-corrected chi connectivity index (χ3v) is 6.82. The molecule has 4 heterocycles. The summed E-state index contributed by atoms with van der Waals surface area (Å²) in [6.45, 7) is 1.21. The number of ether oxygens (including phenoxy) is 1. The van der Waals surface area contributed by atoms with Crippen molar-refractivity contribution in [3.63, 3.8) is 0 Å². The Bertz CT molecular complexity index is 1310. The van der Waals surface area contributed by atoms with Gasteiger partial charge < -0.3 is 9.64 Å². The zero-order valence-corrected chi connectivity index (χ0v) is 17.7. The molecule has 0 bridgehead atoms. The first kappa shape index (κ1) is 19.7. The first-order chi connectivity index (χ1) is 14.9. The summed E-state index contributed by atoms with van der Waals surface area (Å²) in [5.74, 6) is 0.806. The molecule has 9 nitrogen and oxygen atoms in total. The van der Waals surface area contributed by atoms with Gasteiger partial charge >= 0.3 is 0 Å². The number of nitrogens with zero attached hydrogens (tertiary/aromatic N) is 5. The quantitative estimate of drug-likeness (QED) is 0.611. The van der Waals surface area contributed by atoms with Crippen LogP contribution in [0.25, 0.3) is 11.9 Å². The number of piperidine rings is 1. The van der Waals surface area contributed by atoms with Crippen molar-refractivity contribution in [2.24, 2.45) is 0 Å². The Kier molecular flexibility index (Phi) is 4.73. The molecule has 1 saturated heterocycles. The molecule has 31 heavy (non-hydrogen) atoms. The van der Waals surface area contributed by atoms with Crippen LogP contribution in [0.2, 0.25) is 0 Å². The molecule has 0 saturated carbocycles. The fourth-order valence-corrected chi connectivity index (χ4v) is 5.14. The Morgan fingerprint density at radius 3 is 2.90 bits per heavy atom. The topological polar surface area (TPSA) is 107 Å². The van der Waals surface area contributed by atoms with E-state index in [-0.39, 0.29) is 23.3 Å². The first-order valence-electron chi connectivity index (χ1n) is 10.0. The number of sulfone groups is 1. The van der Waals surface area contributed by atoms with Gasteiger partial charge in [-0.05, 0) is 25.0 Å². The maximum Gasteiger partial charge on any atom is 0.253 e. The molecule has 1 amide bonds. The number of aromatic nitrogens is 4. The minimum atomic E-state index is -3.53. The molecule has 1 fully saturated rings. The summed E-state index contributed by atoms with van der Waals surface area (Å²) < 4.78 is 32.1. The number of hydrogen-bond donors (Lipinski definition) is 0. The second kappa shape index (κ2) is 7.45. The number of likely N-dealkylation sites (tertiary alicyclic amines) is 1. The number of rotatable bonds is 3. The van der Waals surface area contributed by atoms with Crippen LogP contribution in [-0.4, -0.2) is 64.8 Å². The third kappa shape index (κ3) is 3.56. The molecule has 5 rings (SSSR count). The van der Waals surface area contributed by atoms with E-state index < -0.39 is 9.84 Å². The van der Waals surface area contributed by atoms with Gasteiger partial charge in [0.25, 0.3) is 11.7 Å². The maximum absolute atomic E-state index is 13.2. The summed E-state index contributed by atoms with van der Waals surface area (Å²) >= 11 is 0. The predicted octanol–water partition coefficient (Wildman–Crippen LogP) is 1.71. The minimum Gasteiger partial charge on any atom is -0.488 e. The average Bonchev–Trinajstić information content (AvgIpc) is 3.26. The lowest BCUT2D eigenvalue weighted by Gasteiger charge is -2.34. The number of amides is 1. The van der Waals surface area contributed by atoms with Crippen LogP contribution in [0.1, 0.15) is 30.0 Å². The van der Waals surface area contributed by atoms with Gasteiger partial charge in [0.15, 0.2) is 9.84 Å². The van der Waals surface area contributed by atoms with Crippen molar-refractivity contribution < 1.29 is 17.9 Å². The Hall–Kier alpha value is -3.27. The number of benzene rings is 1. The van der Waals surface area contributed by atoms with Crippen LogP contribution in [0.3, 0.4) is 0 Å². The zero-order chi connectivity index (χ0) is 21.6. The van der Waals surface area contributed by atoms with Gasteiger partial charge in [-0.3, -0.25) is 4.79 Å². The van der Waals surface area contributed by atoms with E-state index in [0.717, 1.165) is 30.4 Å². The highest BCUT2D eigenvalue weighted by Gasteiger charge is 2.32. The van der Waals surface area contributed by atoms with E-state index >= 15 is 0 Å². The molecule has 0 N–H and O–H groups in total. The van der Waals surface area contributed by atoms with E-state index in [2.05, 4.69) is 15.1 Å². The van der Waals surface area contributed by atoms with E-state index in [1.165, 1.54) is 17.0 Å². The summed E-state index contributed by atoms with van der Waals surface area (Å²) in [7, 11) is -3.53. The molecule has 1 atom stereocenters. The summed E-state index contributed by atoms with van der Waals surface area (Å²) in [5, 5.41) is 4.20. The molecule has 0 aliphatic carbocycles. The lowest BCUT2D eigenvalue weighted by molar-refractivity contribution is -0.128. The van der Waals surface area contributed by atoms with Gasteiger partial charge in [0, 0.05) is 30.8 Å². The summed E-state index contributed by atoms with van der Waals surface area (Å²) in [6.07, 6.45) is 7.21. The van der Waals surface area contributed by atoms with Crippen molar-refractivity contribution in [2.75, 3.05) is 26.0 Å². The first-order valence-corrected chi connectivity index (χ1v) is 11.9. The van der Waals surface area contributed by atoms with Gasteiger partial charge in [-0.25, -0.2) is 13.4 Å². The second-order valence-electron chi connectivity index (χ2n) is 7.84. The normalized spacial score (nSPS) is 18.9. The van der Waals surface area contributed by atoms with Crippen LogP contribution < -0.4 is 4.74 Å². The minimum absolute atomic E-state index is 0.0935. The fourth-order valence-electron chi connectivity index (χ4n) is 4.27. The molecule has 160 valence electrons. The molecular formula is C21H21N5O4S. The Balaban J connectivity index is 1.48. The molecule has 0 unspecified atom stereocenters. The van der Waals surface area contributed by atoms with E-state index in [9.17, 15) is 13.2 Å². The van der Waals surface area contributed by atoms with Crippen LogP contribution in [0.4, 0.5) is 0 Å². The van der Waals surface area contributed by atoms with E-state index in [1.807, 2.05) is 30.3 Å². The molecule has 0 spiro atoms. The third-order valence-electron chi connectivity index (χ3n) is 5.71. The van der Waals surface area contributed by atoms with Crippen LogP contribution in [0.15, 0.2) is 47.3 Å². The van der Waals surface area contributed by atoms with Crippen LogP contribution in [0.5, 0.6) is 5.75 Å². The monoisotopic (exact) mass is 439 g/mol. The van der Waals surface area contributed by atoms with Crippen LogP contribution in [0, 0.1) is 0 Å². The van der Waals surface area contributed by atoms with Gasteiger partial charge in [-0.2, -0.15) is 14.6 Å². The molecule has 0 radical (unpaired) electrons. The van der Waals surface area contributed by atoms with Crippen LogP contribution >= 0.6 is 0 Å². The van der Waals surface area contributed by atoms with E-state index in [1.54, 1.807) is 4.90 Å². The molecule has 1 aromatic carbocycles.